The van der Waals surface area contributed by atoms with Crippen molar-refractivity contribution < 1.29 is 9.53 Å². The number of hydrogen-bond donors (Lipinski definition) is 1. The number of aliphatic hydroxyl groups is 1. The van der Waals surface area contributed by atoms with Crippen LogP contribution in [0.5, 0.6) is 0 Å². The molecule has 0 aliphatic heterocycles. The van der Waals surface area contributed by atoms with Crippen LogP contribution in [0, 0.1) is 0 Å². The van der Waals surface area contributed by atoms with Gasteiger partial charge in [0.15, 0.2) is 8.32 Å². The summed E-state index contributed by atoms with van der Waals surface area (Å²) in [6, 6.07) is 0. The predicted octanol–water partition coefficient (Wildman–Crippen LogP) is 4.12. The minimum absolute atomic E-state index is 0.134. The molecule has 2 nitrogen and oxygen atoms in total. The molecule has 0 amide bonds. The van der Waals surface area contributed by atoms with Crippen molar-refractivity contribution in [3.63, 3.8) is 0 Å². The summed E-state index contributed by atoms with van der Waals surface area (Å²) >= 11 is 0. The van der Waals surface area contributed by atoms with Crippen LogP contribution in [-0.4, -0.2) is 26.1 Å². The van der Waals surface area contributed by atoms with E-state index in [1.165, 1.54) is 25.7 Å². The van der Waals surface area contributed by atoms with E-state index in [0.29, 0.717) is 6.10 Å². The van der Waals surface area contributed by atoms with E-state index in [1.54, 1.807) is 0 Å². The zero-order valence-electron chi connectivity index (χ0n) is 12.0. The minimum Gasteiger partial charge on any atom is -0.414 e. The third-order valence-corrected chi connectivity index (χ3v) is 3.61. The summed E-state index contributed by atoms with van der Waals surface area (Å²) in [5, 5.41) is 8.74. The zero-order valence-corrected chi connectivity index (χ0v) is 13.0. The summed E-state index contributed by atoms with van der Waals surface area (Å²) in [5.74, 6) is 0. The minimum atomic E-state index is -1.45. The van der Waals surface area contributed by atoms with Crippen LogP contribution in [0.1, 0.15) is 45.4 Å². The maximum Gasteiger partial charge on any atom is 0.184 e. The molecule has 0 aromatic heterocycles. The summed E-state index contributed by atoms with van der Waals surface area (Å²) in [6.07, 6.45) is 11.5. The fourth-order valence-corrected chi connectivity index (χ4v) is 3.06. The van der Waals surface area contributed by atoms with Gasteiger partial charge in [-0.15, -0.1) is 0 Å². The van der Waals surface area contributed by atoms with Gasteiger partial charge in [0, 0.05) is 6.10 Å². The molecule has 0 saturated carbocycles. The fraction of sp³-hybridized carbons (Fsp3) is 0.857. The van der Waals surface area contributed by atoms with Gasteiger partial charge in [0.05, 0.1) is 6.61 Å². The molecule has 0 saturated heterocycles. The highest BCUT2D eigenvalue weighted by atomic mass is 28.4. The third kappa shape index (κ3) is 12.1. The van der Waals surface area contributed by atoms with E-state index >= 15 is 0 Å². The standard InChI is InChI=1S/C14H30O2Si/c1-5-6-7-8-11-14(12-9-10-13-15)16-17(2,3)4/h9-10,14-15H,5-8,11-13H2,1-4H3/b10-9+. The second-order valence-corrected chi connectivity index (χ2v) is 10.1. The number of unbranched alkanes of at least 4 members (excludes halogenated alkanes) is 3. The molecule has 1 atom stereocenters. The van der Waals surface area contributed by atoms with Gasteiger partial charge in [-0.1, -0.05) is 44.8 Å². The van der Waals surface area contributed by atoms with Gasteiger partial charge in [-0.25, -0.2) is 0 Å². The lowest BCUT2D eigenvalue weighted by molar-refractivity contribution is 0.182. The average molecular weight is 258 g/mol. The average Bonchev–Trinajstić information content (AvgIpc) is 2.22. The molecule has 0 radical (unpaired) electrons. The largest absolute Gasteiger partial charge is 0.414 e. The van der Waals surface area contributed by atoms with Crippen LogP contribution < -0.4 is 0 Å². The van der Waals surface area contributed by atoms with Gasteiger partial charge in [-0.3, -0.25) is 0 Å². The topological polar surface area (TPSA) is 29.5 Å². The van der Waals surface area contributed by atoms with Crippen molar-refractivity contribution >= 4 is 8.32 Å². The Morgan fingerprint density at radius 3 is 2.35 bits per heavy atom. The molecule has 0 rings (SSSR count). The molecule has 1 N–H and O–H groups in total. The Kier molecular flexibility index (Phi) is 9.79. The summed E-state index contributed by atoms with van der Waals surface area (Å²) in [4.78, 5) is 0. The summed E-state index contributed by atoms with van der Waals surface area (Å²) in [6.45, 7) is 9.08. The van der Waals surface area contributed by atoms with Crippen LogP contribution >= 0.6 is 0 Å². The molecule has 1 unspecified atom stereocenters. The maximum atomic E-state index is 8.74. The van der Waals surface area contributed by atoms with Crippen molar-refractivity contribution in [1.29, 1.82) is 0 Å². The molecular weight excluding hydrogens is 228 g/mol. The van der Waals surface area contributed by atoms with Gasteiger partial charge in [-0.2, -0.15) is 0 Å². The molecule has 102 valence electrons. The molecule has 0 aromatic carbocycles. The zero-order chi connectivity index (χ0) is 13.1. The van der Waals surface area contributed by atoms with Gasteiger partial charge in [0.25, 0.3) is 0 Å². The van der Waals surface area contributed by atoms with Crippen molar-refractivity contribution in [2.45, 2.75) is 71.2 Å². The Bertz CT molecular complexity index is 197. The first-order chi connectivity index (χ1) is 7.99. The molecule has 3 heteroatoms. The summed E-state index contributed by atoms with van der Waals surface area (Å²) in [7, 11) is -1.45. The van der Waals surface area contributed by atoms with Gasteiger partial charge < -0.3 is 9.53 Å². The Morgan fingerprint density at radius 2 is 1.82 bits per heavy atom. The quantitative estimate of drug-likeness (QED) is 0.363. The molecule has 0 aliphatic rings. The molecule has 17 heavy (non-hydrogen) atoms. The normalized spacial score (nSPS) is 14.4. The lowest BCUT2D eigenvalue weighted by atomic mass is 10.1. The summed E-state index contributed by atoms with van der Waals surface area (Å²) in [5.41, 5.74) is 0. The van der Waals surface area contributed by atoms with Crippen LogP contribution in [0.25, 0.3) is 0 Å². The van der Waals surface area contributed by atoms with Crippen molar-refractivity contribution in [2.24, 2.45) is 0 Å². The van der Waals surface area contributed by atoms with Crippen LogP contribution in [0.4, 0.5) is 0 Å². The van der Waals surface area contributed by atoms with Crippen molar-refractivity contribution in [3.05, 3.63) is 12.2 Å². The van der Waals surface area contributed by atoms with Crippen LogP contribution in [0.2, 0.25) is 19.6 Å². The van der Waals surface area contributed by atoms with Gasteiger partial charge in [0.2, 0.25) is 0 Å². The fourth-order valence-electron chi connectivity index (χ4n) is 1.85. The number of aliphatic hydroxyl groups excluding tert-OH is 1. The van der Waals surface area contributed by atoms with Crippen molar-refractivity contribution in [2.75, 3.05) is 6.61 Å². The van der Waals surface area contributed by atoms with Crippen LogP contribution in [-0.2, 0) is 4.43 Å². The third-order valence-electron chi connectivity index (χ3n) is 2.57. The lowest BCUT2D eigenvalue weighted by Gasteiger charge is -2.25. The van der Waals surface area contributed by atoms with Crippen molar-refractivity contribution in [1.82, 2.24) is 0 Å². The Labute approximate surface area is 108 Å². The van der Waals surface area contributed by atoms with E-state index in [-0.39, 0.29) is 6.61 Å². The van der Waals surface area contributed by atoms with Gasteiger partial charge in [-0.05, 0) is 32.5 Å². The first kappa shape index (κ1) is 16.9. The second-order valence-electron chi connectivity index (χ2n) is 5.59. The highest BCUT2D eigenvalue weighted by molar-refractivity contribution is 6.69. The van der Waals surface area contributed by atoms with E-state index < -0.39 is 8.32 Å². The Morgan fingerprint density at radius 1 is 1.12 bits per heavy atom. The molecular formula is C14H30O2Si. The van der Waals surface area contributed by atoms with Crippen LogP contribution in [0.15, 0.2) is 12.2 Å². The maximum absolute atomic E-state index is 8.74. The summed E-state index contributed by atoms with van der Waals surface area (Å²) < 4.78 is 6.17. The Hall–Kier alpha value is -0.123. The van der Waals surface area contributed by atoms with Gasteiger partial charge >= 0.3 is 0 Å². The van der Waals surface area contributed by atoms with E-state index in [4.69, 9.17) is 9.53 Å². The highest BCUT2D eigenvalue weighted by Gasteiger charge is 2.19. The highest BCUT2D eigenvalue weighted by Crippen LogP contribution is 2.17. The lowest BCUT2D eigenvalue weighted by Crippen LogP contribution is -2.31. The SMILES string of the molecule is CCCCCCC(C/C=C/CO)O[Si](C)(C)C. The molecule has 0 bridgehead atoms. The van der Waals surface area contributed by atoms with E-state index in [0.717, 1.165) is 12.8 Å². The molecule has 0 aromatic rings. The molecule has 0 heterocycles. The van der Waals surface area contributed by atoms with E-state index in [2.05, 4.69) is 26.6 Å². The van der Waals surface area contributed by atoms with Crippen molar-refractivity contribution in [3.8, 4) is 0 Å². The smallest absolute Gasteiger partial charge is 0.184 e. The molecule has 0 aliphatic carbocycles. The van der Waals surface area contributed by atoms with Crippen LogP contribution in [0.3, 0.4) is 0 Å². The molecule has 0 fully saturated rings. The van der Waals surface area contributed by atoms with E-state index in [1.807, 2.05) is 12.2 Å². The first-order valence-corrected chi connectivity index (χ1v) is 10.3. The van der Waals surface area contributed by atoms with E-state index in [9.17, 15) is 0 Å². The first-order valence-electron chi connectivity index (χ1n) is 6.93. The number of hydrogen-bond acceptors (Lipinski definition) is 2. The second kappa shape index (κ2) is 9.86. The number of rotatable bonds is 10. The predicted molar refractivity (Wildman–Crippen MR) is 77.8 cm³/mol. The monoisotopic (exact) mass is 258 g/mol. The Balaban J connectivity index is 3.97. The van der Waals surface area contributed by atoms with Gasteiger partial charge in [0.1, 0.15) is 0 Å². The molecule has 0 spiro atoms.